The Balaban J connectivity index is 1.46. The molecule has 0 bridgehead atoms. The van der Waals surface area contributed by atoms with Crippen molar-refractivity contribution in [3.8, 4) is 5.75 Å². The average molecular weight is 441 g/mol. The topological polar surface area (TPSA) is 58.6 Å². The number of nitrogens with zero attached hydrogens (tertiary/aromatic N) is 1. The van der Waals surface area contributed by atoms with Gasteiger partial charge in [0.2, 0.25) is 5.91 Å². The van der Waals surface area contributed by atoms with Gasteiger partial charge >= 0.3 is 0 Å². The number of benzene rings is 2. The molecule has 0 unspecified atom stereocenters. The normalized spacial score (nSPS) is 14.8. The second kappa shape index (κ2) is 10.2. The van der Waals surface area contributed by atoms with Crippen molar-refractivity contribution in [1.29, 1.82) is 0 Å². The number of hydrogen-bond acceptors (Lipinski definition) is 3. The van der Waals surface area contributed by atoms with Crippen molar-refractivity contribution >= 4 is 11.8 Å². The van der Waals surface area contributed by atoms with Gasteiger partial charge in [-0.25, -0.2) is 4.39 Å². The molecule has 0 aliphatic carbocycles. The minimum absolute atomic E-state index is 0.00767. The first kappa shape index (κ1) is 23.8. The highest BCUT2D eigenvalue weighted by molar-refractivity contribution is 5.79. The maximum atomic E-state index is 13.0. The number of rotatable bonds is 6. The molecule has 0 aromatic heterocycles. The number of aryl methyl sites for hydroxylation is 1. The summed E-state index contributed by atoms with van der Waals surface area (Å²) in [5.74, 6) is 0.312. The number of piperidine rings is 1. The minimum atomic E-state index is -0.313. The predicted molar refractivity (Wildman–Crippen MR) is 123 cm³/mol. The van der Waals surface area contributed by atoms with Crippen LogP contribution in [0, 0.1) is 12.7 Å². The Kier molecular flexibility index (Phi) is 7.54. The number of likely N-dealkylation sites (tertiary alicyclic amines) is 1. The summed E-state index contributed by atoms with van der Waals surface area (Å²) in [5, 5.41) is 3.03. The summed E-state index contributed by atoms with van der Waals surface area (Å²) in [6.45, 7) is 9.62. The molecule has 32 heavy (non-hydrogen) atoms. The number of nitrogens with one attached hydrogen (secondary N) is 1. The molecule has 0 atom stereocenters. The molecule has 2 amide bonds. The molecule has 1 N–H and O–H groups in total. The monoisotopic (exact) mass is 440 g/mol. The van der Waals surface area contributed by atoms with Crippen molar-refractivity contribution in [2.75, 3.05) is 19.7 Å². The van der Waals surface area contributed by atoms with Crippen LogP contribution in [-0.2, 0) is 21.4 Å². The van der Waals surface area contributed by atoms with E-state index in [-0.39, 0.29) is 42.1 Å². The molecular formula is C26H33FN2O3. The van der Waals surface area contributed by atoms with Gasteiger partial charge < -0.3 is 15.0 Å². The Hall–Kier alpha value is -2.89. The summed E-state index contributed by atoms with van der Waals surface area (Å²) >= 11 is 0. The first-order chi connectivity index (χ1) is 15.1. The van der Waals surface area contributed by atoms with Gasteiger partial charge in [-0.05, 0) is 54.5 Å². The fraction of sp³-hybridized carbons (Fsp3) is 0.462. The Morgan fingerprint density at radius 1 is 1.09 bits per heavy atom. The third kappa shape index (κ3) is 6.55. The van der Waals surface area contributed by atoms with Gasteiger partial charge in [0.25, 0.3) is 5.91 Å². The van der Waals surface area contributed by atoms with E-state index in [4.69, 9.17) is 4.74 Å². The lowest BCUT2D eigenvalue weighted by Crippen LogP contribution is -2.48. The molecule has 6 heteroatoms. The van der Waals surface area contributed by atoms with Crippen molar-refractivity contribution in [2.24, 2.45) is 0 Å². The lowest BCUT2D eigenvalue weighted by molar-refractivity contribution is -0.134. The highest BCUT2D eigenvalue weighted by Gasteiger charge is 2.25. The number of hydrogen-bond donors (Lipinski definition) is 1. The highest BCUT2D eigenvalue weighted by Crippen LogP contribution is 2.32. The largest absolute Gasteiger partial charge is 0.483 e. The number of ether oxygens (including phenoxy) is 1. The Morgan fingerprint density at radius 3 is 2.38 bits per heavy atom. The van der Waals surface area contributed by atoms with Crippen LogP contribution >= 0.6 is 0 Å². The van der Waals surface area contributed by atoms with E-state index in [1.165, 1.54) is 12.1 Å². The zero-order valence-corrected chi connectivity index (χ0v) is 19.4. The zero-order valence-electron chi connectivity index (χ0n) is 19.4. The summed E-state index contributed by atoms with van der Waals surface area (Å²) in [5.41, 5.74) is 2.96. The molecule has 1 heterocycles. The van der Waals surface area contributed by atoms with E-state index >= 15 is 0 Å². The SMILES string of the molecule is Cc1ccc(OCC(=O)N2CCC(NC(=O)Cc3ccc(F)cc3)CC2)c(C(C)(C)C)c1. The molecular weight excluding hydrogens is 407 g/mol. The summed E-state index contributed by atoms with van der Waals surface area (Å²) in [6.07, 6.45) is 1.64. The van der Waals surface area contributed by atoms with Gasteiger partial charge in [-0.15, -0.1) is 0 Å². The third-order valence-corrected chi connectivity index (χ3v) is 5.78. The molecule has 1 fully saturated rings. The quantitative estimate of drug-likeness (QED) is 0.734. The van der Waals surface area contributed by atoms with Gasteiger partial charge in [-0.1, -0.05) is 50.6 Å². The van der Waals surface area contributed by atoms with Crippen LogP contribution in [0.5, 0.6) is 5.75 Å². The van der Waals surface area contributed by atoms with Crippen LogP contribution in [0.3, 0.4) is 0 Å². The first-order valence-electron chi connectivity index (χ1n) is 11.2. The molecule has 3 rings (SSSR count). The van der Waals surface area contributed by atoms with Gasteiger partial charge in [0.1, 0.15) is 11.6 Å². The molecule has 2 aromatic carbocycles. The fourth-order valence-electron chi connectivity index (χ4n) is 3.93. The van der Waals surface area contributed by atoms with E-state index in [1.807, 2.05) is 19.1 Å². The van der Waals surface area contributed by atoms with Crippen LogP contribution in [0.25, 0.3) is 0 Å². The van der Waals surface area contributed by atoms with E-state index < -0.39 is 0 Å². The molecule has 172 valence electrons. The molecule has 5 nitrogen and oxygen atoms in total. The van der Waals surface area contributed by atoms with Crippen LogP contribution in [0.4, 0.5) is 4.39 Å². The molecule has 0 saturated carbocycles. The van der Waals surface area contributed by atoms with Gasteiger partial charge in [0.15, 0.2) is 6.61 Å². The van der Waals surface area contributed by atoms with Gasteiger partial charge in [-0.3, -0.25) is 9.59 Å². The summed E-state index contributed by atoms with van der Waals surface area (Å²) in [6, 6.07) is 12.0. The zero-order chi connectivity index (χ0) is 23.3. The lowest BCUT2D eigenvalue weighted by Gasteiger charge is -2.32. The van der Waals surface area contributed by atoms with Crippen molar-refractivity contribution in [3.05, 3.63) is 65.0 Å². The second-order valence-corrected chi connectivity index (χ2v) is 9.56. The third-order valence-electron chi connectivity index (χ3n) is 5.78. The van der Waals surface area contributed by atoms with Crippen molar-refractivity contribution < 1.29 is 18.7 Å². The van der Waals surface area contributed by atoms with E-state index in [0.717, 1.165) is 22.4 Å². The second-order valence-electron chi connectivity index (χ2n) is 9.56. The number of halogens is 1. The van der Waals surface area contributed by atoms with Crippen LogP contribution in [0.15, 0.2) is 42.5 Å². The van der Waals surface area contributed by atoms with Crippen molar-refractivity contribution in [1.82, 2.24) is 10.2 Å². The summed E-state index contributed by atoms with van der Waals surface area (Å²) < 4.78 is 18.9. The molecule has 1 aliphatic rings. The van der Waals surface area contributed by atoms with E-state index in [1.54, 1.807) is 17.0 Å². The van der Waals surface area contributed by atoms with Gasteiger partial charge in [-0.2, -0.15) is 0 Å². The Labute approximate surface area is 190 Å². The fourth-order valence-corrected chi connectivity index (χ4v) is 3.93. The molecule has 1 saturated heterocycles. The molecule has 1 aliphatic heterocycles. The lowest BCUT2D eigenvalue weighted by atomic mass is 9.85. The van der Waals surface area contributed by atoms with E-state index in [9.17, 15) is 14.0 Å². The van der Waals surface area contributed by atoms with E-state index in [0.29, 0.717) is 25.9 Å². The average Bonchev–Trinajstić information content (AvgIpc) is 2.74. The Morgan fingerprint density at radius 2 is 1.75 bits per heavy atom. The van der Waals surface area contributed by atoms with Gasteiger partial charge in [0, 0.05) is 19.1 Å². The maximum Gasteiger partial charge on any atom is 0.260 e. The minimum Gasteiger partial charge on any atom is -0.483 e. The molecule has 0 spiro atoms. The van der Waals surface area contributed by atoms with Gasteiger partial charge in [0.05, 0.1) is 6.42 Å². The van der Waals surface area contributed by atoms with Crippen molar-refractivity contribution in [3.63, 3.8) is 0 Å². The smallest absolute Gasteiger partial charge is 0.260 e. The first-order valence-corrected chi connectivity index (χ1v) is 11.2. The number of carbonyl (C=O) groups is 2. The predicted octanol–water partition coefficient (Wildman–Crippen LogP) is 4.16. The number of amides is 2. The van der Waals surface area contributed by atoms with Crippen LogP contribution in [0.2, 0.25) is 0 Å². The number of carbonyl (C=O) groups excluding carboxylic acids is 2. The van der Waals surface area contributed by atoms with Crippen LogP contribution in [-0.4, -0.2) is 42.5 Å². The van der Waals surface area contributed by atoms with Crippen molar-refractivity contribution in [2.45, 2.75) is 58.4 Å². The summed E-state index contributed by atoms with van der Waals surface area (Å²) in [7, 11) is 0. The summed E-state index contributed by atoms with van der Waals surface area (Å²) in [4.78, 5) is 26.8. The molecule has 0 radical (unpaired) electrons. The highest BCUT2D eigenvalue weighted by atomic mass is 19.1. The van der Waals surface area contributed by atoms with E-state index in [2.05, 4.69) is 32.2 Å². The van der Waals surface area contributed by atoms with Crippen LogP contribution < -0.4 is 10.1 Å². The maximum absolute atomic E-state index is 13.0. The molecule has 2 aromatic rings. The standard InChI is InChI=1S/C26H33FN2O3/c1-18-5-10-23(22(15-18)26(2,3)4)32-17-25(31)29-13-11-21(12-14-29)28-24(30)16-19-6-8-20(27)9-7-19/h5-10,15,21H,11-14,16-17H2,1-4H3,(H,28,30). The Bertz CT molecular complexity index is 943. The van der Waals surface area contributed by atoms with Crippen LogP contribution in [0.1, 0.15) is 50.3 Å².